The minimum atomic E-state index is -4.18. The lowest BCUT2D eigenvalue weighted by molar-refractivity contribution is -0.121. The van der Waals surface area contributed by atoms with E-state index in [0.717, 1.165) is 9.87 Å². The molecule has 0 aliphatic rings. The molecule has 4 aromatic rings. The van der Waals surface area contributed by atoms with Crippen molar-refractivity contribution >= 4 is 33.7 Å². The Morgan fingerprint density at radius 1 is 0.976 bits per heavy atom. The molecule has 0 aliphatic carbocycles. The molecular weight excluding hydrogens is 569 g/mol. The fourth-order valence-corrected chi connectivity index (χ4v) is 5.29. The van der Waals surface area contributed by atoms with Gasteiger partial charge in [-0.05, 0) is 59.7 Å². The summed E-state index contributed by atoms with van der Waals surface area (Å²) in [5, 5.41) is 4.30. The Hall–Kier alpha value is -4.25. The highest BCUT2D eigenvalue weighted by Crippen LogP contribution is 2.28. The van der Waals surface area contributed by atoms with Crippen LogP contribution in [-0.4, -0.2) is 38.5 Å². The van der Waals surface area contributed by atoms with Gasteiger partial charge < -0.3 is 9.47 Å². The molecule has 11 heteroatoms. The molecule has 0 fully saturated rings. The fourth-order valence-electron chi connectivity index (χ4n) is 3.79. The number of rotatable bonds is 12. The summed E-state index contributed by atoms with van der Waals surface area (Å²) in [6, 6.07) is 26.1. The molecule has 1 N–H and O–H groups in total. The van der Waals surface area contributed by atoms with Gasteiger partial charge in [0.25, 0.3) is 5.91 Å². The first-order valence-corrected chi connectivity index (χ1v) is 14.2. The molecule has 0 aliphatic heterocycles. The van der Waals surface area contributed by atoms with E-state index in [2.05, 4.69) is 10.5 Å². The van der Waals surface area contributed by atoms with Crippen molar-refractivity contribution < 1.29 is 27.1 Å². The number of hydrogen-bond acceptors (Lipinski definition) is 6. The van der Waals surface area contributed by atoms with E-state index in [1.54, 1.807) is 24.3 Å². The molecule has 1 amide bonds. The van der Waals surface area contributed by atoms with Crippen LogP contribution < -0.4 is 14.9 Å². The average molecular weight is 596 g/mol. The Labute approximate surface area is 243 Å². The van der Waals surface area contributed by atoms with E-state index in [4.69, 9.17) is 21.1 Å². The zero-order valence-electron chi connectivity index (χ0n) is 22.0. The highest BCUT2D eigenvalue weighted by atomic mass is 35.5. The fraction of sp³-hybridized carbons (Fsp3) is 0.133. The van der Waals surface area contributed by atoms with E-state index >= 15 is 0 Å². The summed E-state index contributed by atoms with van der Waals surface area (Å²) in [4.78, 5) is 12.7. The Morgan fingerprint density at radius 3 is 2.39 bits per heavy atom. The Balaban J connectivity index is 1.44. The van der Waals surface area contributed by atoms with Gasteiger partial charge in [0.15, 0.2) is 11.5 Å². The van der Waals surface area contributed by atoms with Gasteiger partial charge in [-0.15, -0.1) is 0 Å². The van der Waals surface area contributed by atoms with Gasteiger partial charge in [0, 0.05) is 17.1 Å². The van der Waals surface area contributed by atoms with Crippen molar-refractivity contribution in [2.24, 2.45) is 5.10 Å². The number of carbonyl (C=O) groups excluding carboxylic acids is 1. The Bertz CT molecular complexity index is 1620. The van der Waals surface area contributed by atoms with Crippen molar-refractivity contribution in [3.8, 4) is 11.5 Å². The number of nitrogens with zero attached hydrogens (tertiary/aromatic N) is 2. The normalized spacial score (nSPS) is 11.5. The Kier molecular flexibility index (Phi) is 10.1. The van der Waals surface area contributed by atoms with Gasteiger partial charge >= 0.3 is 0 Å². The maximum atomic E-state index is 14.4. The third-order valence-corrected chi connectivity index (χ3v) is 7.96. The molecular formula is C30H27ClFN3O5S. The molecule has 41 heavy (non-hydrogen) atoms. The molecule has 0 heterocycles. The smallest absolute Gasteiger partial charge is 0.255 e. The quantitative estimate of drug-likeness (QED) is 0.175. The number of halogens is 2. The van der Waals surface area contributed by atoms with Gasteiger partial charge in [0.05, 0.1) is 24.8 Å². The molecule has 0 radical (unpaired) electrons. The molecule has 8 nitrogen and oxygen atoms in total. The number of hydrogen-bond donors (Lipinski definition) is 1. The maximum Gasteiger partial charge on any atom is 0.255 e. The maximum absolute atomic E-state index is 14.4. The number of nitrogens with one attached hydrogen (secondary N) is 1. The average Bonchev–Trinajstić information content (AvgIpc) is 2.98. The predicted molar refractivity (Wildman–Crippen MR) is 155 cm³/mol. The molecule has 212 valence electrons. The summed E-state index contributed by atoms with van der Waals surface area (Å²) in [5.74, 6) is -0.299. The lowest BCUT2D eigenvalue weighted by Gasteiger charge is -2.21. The van der Waals surface area contributed by atoms with E-state index in [-0.39, 0.29) is 17.0 Å². The van der Waals surface area contributed by atoms with Gasteiger partial charge in [-0.25, -0.2) is 18.2 Å². The summed E-state index contributed by atoms with van der Waals surface area (Å²) in [5.41, 5.74) is 4.05. The first-order chi connectivity index (χ1) is 19.8. The van der Waals surface area contributed by atoms with Crippen molar-refractivity contribution in [3.05, 3.63) is 125 Å². The molecule has 0 unspecified atom stereocenters. The summed E-state index contributed by atoms with van der Waals surface area (Å²) < 4.78 is 53.2. The molecule has 0 aromatic heterocycles. The van der Waals surface area contributed by atoms with Gasteiger partial charge in [-0.2, -0.15) is 9.41 Å². The van der Waals surface area contributed by atoms with Crippen LogP contribution in [0.2, 0.25) is 5.02 Å². The van der Waals surface area contributed by atoms with Gasteiger partial charge in [0.1, 0.15) is 12.4 Å². The molecule has 0 spiro atoms. The largest absolute Gasteiger partial charge is 0.493 e. The number of carbonyl (C=O) groups is 1. The predicted octanol–water partition coefficient (Wildman–Crippen LogP) is 5.41. The second kappa shape index (κ2) is 13.9. The SMILES string of the molecule is COc1cc(/C=N\NC(=O)CN(Cc2ccccc2F)S(=O)(=O)c2ccc(Cl)cc2)ccc1OCc1ccccc1. The Morgan fingerprint density at radius 2 is 1.68 bits per heavy atom. The van der Waals surface area contributed by atoms with E-state index < -0.39 is 28.3 Å². The molecule has 4 aromatic carbocycles. The summed E-state index contributed by atoms with van der Waals surface area (Å²) in [7, 11) is -2.67. The lowest BCUT2D eigenvalue weighted by atomic mass is 10.2. The third-order valence-electron chi connectivity index (χ3n) is 5.90. The molecule has 0 saturated carbocycles. The van der Waals surface area contributed by atoms with Crippen molar-refractivity contribution in [2.75, 3.05) is 13.7 Å². The van der Waals surface area contributed by atoms with Crippen LogP contribution in [0.25, 0.3) is 0 Å². The van der Waals surface area contributed by atoms with Crippen LogP contribution >= 0.6 is 11.6 Å². The number of hydrazone groups is 1. The number of amides is 1. The zero-order valence-corrected chi connectivity index (χ0v) is 23.6. The first kappa shape index (κ1) is 29.7. The number of benzene rings is 4. The van der Waals surface area contributed by atoms with Gasteiger partial charge in [-0.1, -0.05) is 60.1 Å². The summed E-state index contributed by atoms with van der Waals surface area (Å²) in [6.45, 7) is -0.606. The van der Waals surface area contributed by atoms with Crippen LogP contribution in [0.4, 0.5) is 4.39 Å². The molecule has 0 bridgehead atoms. The minimum absolute atomic E-state index is 0.0868. The summed E-state index contributed by atoms with van der Waals surface area (Å²) in [6.07, 6.45) is 1.39. The highest BCUT2D eigenvalue weighted by Gasteiger charge is 2.27. The van der Waals surface area contributed by atoms with Crippen LogP contribution in [0, 0.1) is 5.82 Å². The number of sulfonamides is 1. The molecule has 0 atom stereocenters. The van der Waals surface area contributed by atoms with Crippen LogP contribution in [0.15, 0.2) is 107 Å². The van der Waals surface area contributed by atoms with Crippen molar-refractivity contribution in [3.63, 3.8) is 0 Å². The zero-order chi connectivity index (χ0) is 29.2. The van der Waals surface area contributed by atoms with Crippen molar-refractivity contribution in [1.82, 2.24) is 9.73 Å². The van der Waals surface area contributed by atoms with Gasteiger partial charge in [0.2, 0.25) is 10.0 Å². The second-order valence-electron chi connectivity index (χ2n) is 8.80. The lowest BCUT2D eigenvalue weighted by Crippen LogP contribution is -2.39. The van der Waals surface area contributed by atoms with Crippen molar-refractivity contribution in [2.45, 2.75) is 18.0 Å². The van der Waals surface area contributed by atoms with Gasteiger partial charge in [-0.3, -0.25) is 4.79 Å². The van der Waals surface area contributed by atoms with Crippen LogP contribution in [0.1, 0.15) is 16.7 Å². The second-order valence-corrected chi connectivity index (χ2v) is 11.2. The van der Waals surface area contributed by atoms with Crippen molar-refractivity contribution in [1.29, 1.82) is 0 Å². The molecule has 0 saturated heterocycles. The first-order valence-electron chi connectivity index (χ1n) is 12.4. The highest BCUT2D eigenvalue weighted by molar-refractivity contribution is 7.89. The topological polar surface area (TPSA) is 97.3 Å². The van der Waals surface area contributed by atoms with E-state index in [1.165, 1.54) is 55.8 Å². The van der Waals surface area contributed by atoms with Crippen LogP contribution in [-0.2, 0) is 28.0 Å². The third kappa shape index (κ3) is 8.14. The van der Waals surface area contributed by atoms with E-state index in [0.29, 0.717) is 28.7 Å². The molecule has 4 rings (SSSR count). The van der Waals surface area contributed by atoms with Crippen LogP contribution in [0.3, 0.4) is 0 Å². The minimum Gasteiger partial charge on any atom is -0.493 e. The number of methoxy groups -OCH3 is 1. The van der Waals surface area contributed by atoms with E-state index in [1.807, 2.05) is 30.3 Å². The number of ether oxygens (including phenoxy) is 2. The monoisotopic (exact) mass is 595 g/mol. The standard InChI is InChI=1S/C30H27ClFN3O5S/c1-39-29-17-23(11-16-28(29)40-21-22-7-3-2-4-8-22)18-33-34-30(36)20-35(19-24-9-5-6-10-27(24)32)41(37,38)26-14-12-25(31)13-15-26/h2-18H,19-21H2,1H3,(H,34,36)/b33-18-. The van der Waals surface area contributed by atoms with Crippen LogP contribution in [0.5, 0.6) is 11.5 Å². The summed E-state index contributed by atoms with van der Waals surface area (Å²) >= 11 is 5.90. The van der Waals surface area contributed by atoms with E-state index in [9.17, 15) is 17.6 Å².